The van der Waals surface area contributed by atoms with Crippen LogP contribution in [0.2, 0.25) is 0 Å². The van der Waals surface area contributed by atoms with Crippen molar-refractivity contribution in [1.82, 2.24) is 10.6 Å². The lowest BCUT2D eigenvalue weighted by Gasteiger charge is -2.20. The number of nitrogens with zero attached hydrogens (tertiary/aromatic N) is 1. The van der Waals surface area contributed by atoms with E-state index in [0.29, 0.717) is 23.9 Å². The number of sulfone groups is 1. The minimum absolute atomic E-state index is 0. The van der Waals surface area contributed by atoms with Crippen LogP contribution in [-0.4, -0.2) is 45.1 Å². The normalized spacial score (nSPS) is 13.7. The van der Waals surface area contributed by atoms with Crippen molar-refractivity contribution in [2.75, 3.05) is 26.0 Å². The number of aliphatic imine (C=N–C) groups is 1. The molecular weight excluding hydrogens is 505 g/mol. The number of fused-ring (bicyclic) bond motifs is 1. The molecule has 1 aromatic carbocycles. The van der Waals surface area contributed by atoms with Crippen molar-refractivity contribution in [3.8, 4) is 5.75 Å². The van der Waals surface area contributed by atoms with E-state index in [4.69, 9.17) is 9.15 Å². The minimum Gasteiger partial charge on any atom is -0.490 e. The fourth-order valence-electron chi connectivity index (χ4n) is 2.62. The van der Waals surface area contributed by atoms with Crippen LogP contribution in [0.5, 0.6) is 5.75 Å². The predicted octanol–water partition coefficient (Wildman–Crippen LogP) is 3.89. The van der Waals surface area contributed by atoms with Gasteiger partial charge in [-0.2, -0.15) is 0 Å². The van der Waals surface area contributed by atoms with Gasteiger partial charge in [-0.15, -0.1) is 24.0 Å². The first-order valence-electron chi connectivity index (χ1n) is 9.43. The molecule has 1 unspecified atom stereocenters. The van der Waals surface area contributed by atoms with Gasteiger partial charge in [0.25, 0.3) is 0 Å². The van der Waals surface area contributed by atoms with Crippen LogP contribution in [0.3, 0.4) is 0 Å². The Hall–Kier alpha value is -1.49. The van der Waals surface area contributed by atoms with Gasteiger partial charge < -0.3 is 19.8 Å². The van der Waals surface area contributed by atoms with Crippen LogP contribution in [0, 0.1) is 0 Å². The van der Waals surface area contributed by atoms with Gasteiger partial charge in [-0.1, -0.05) is 12.1 Å². The van der Waals surface area contributed by atoms with Crippen molar-refractivity contribution in [2.45, 2.75) is 45.4 Å². The summed E-state index contributed by atoms with van der Waals surface area (Å²) in [6.07, 6.45) is 0. The fourth-order valence-corrected chi connectivity index (χ4v) is 3.60. The predicted molar refractivity (Wildman–Crippen MR) is 129 cm³/mol. The van der Waals surface area contributed by atoms with Crippen LogP contribution in [0.4, 0.5) is 0 Å². The highest BCUT2D eigenvalue weighted by Gasteiger charge is 2.28. The molecule has 1 atom stereocenters. The topological polar surface area (TPSA) is 92.9 Å². The summed E-state index contributed by atoms with van der Waals surface area (Å²) in [6, 6.07) is 7.59. The number of halogens is 1. The number of nitrogens with one attached hydrogen (secondary N) is 2. The standard InChI is InChI=1S/C20H31N3O4S.HI/c1-7-26-16-10-8-9-15-13-17(27-18(15)16)14(2)23-19(21-6)22-11-12-28(24,25)20(3,4)5;/h8-10,13-14H,7,11-12H2,1-6H3,(H2,21,22,23);1H. The average Bonchev–Trinajstić information content (AvgIpc) is 3.05. The Labute approximate surface area is 190 Å². The fraction of sp³-hybridized carbons (Fsp3) is 0.550. The molecule has 0 aliphatic heterocycles. The zero-order valence-corrected chi connectivity index (χ0v) is 21.1. The molecule has 0 saturated heterocycles. The lowest BCUT2D eigenvalue weighted by atomic mass is 10.2. The van der Waals surface area contributed by atoms with Crippen LogP contribution in [0.1, 0.15) is 46.4 Å². The largest absolute Gasteiger partial charge is 0.490 e. The molecule has 0 bridgehead atoms. The maximum absolute atomic E-state index is 12.2. The van der Waals surface area contributed by atoms with E-state index < -0.39 is 14.6 Å². The number of furan rings is 1. The van der Waals surface area contributed by atoms with E-state index in [2.05, 4.69) is 15.6 Å². The number of hydrogen-bond donors (Lipinski definition) is 2. The van der Waals surface area contributed by atoms with Gasteiger partial charge in [0.2, 0.25) is 0 Å². The van der Waals surface area contributed by atoms with Crippen LogP contribution in [0.15, 0.2) is 33.7 Å². The SMILES string of the molecule is CCOc1cccc2cc(C(C)NC(=NC)NCCS(=O)(=O)C(C)(C)C)oc12.I. The van der Waals surface area contributed by atoms with Crippen LogP contribution in [0.25, 0.3) is 11.0 Å². The van der Waals surface area contributed by atoms with E-state index in [1.165, 1.54) is 0 Å². The number of ether oxygens (including phenoxy) is 1. The summed E-state index contributed by atoms with van der Waals surface area (Å²) in [5.41, 5.74) is 0.715. The average molecular weight is 537 g/mol. The quantitative estimate of drug-likeness (QED) is 0.317. The van der Waals surface area contributed by atoms with E-state index in [0.717, 1.165) is 11.1 Å². The lowest BCUT2D eigenvalue weighted by molar-refractivity contribution is 0.336. The number of rotatable bonds is 7. The molecule has 164 valence electrons. The third kappa shape index (κ3) is 6.50. The molecular formula is C20H32IN3O4S. The molecule has 0 spiro atoms. The molecule has 9 heteroatoms. The Morgan fingerprint density at radius 2 is 2.00 bits per heavy atom. The van der Waals surface area contributed by atoms with Crippen LogP contribution < -0.4 is 15.4 Å². The van der Waals surface area contributed by atoms with E-state index in [-0.39, 0.29) is 42.3 Å². The Morgan fingerprint density at radius 3 is 2.59 bits per heavy atom. The molecule has 0 amide bonds. The highest BCUT2D eigenvalue weighted by molar-refractivity contribution is 14.0. The van der Waals surface area contributed by atoms with Crippen LogP contribution in [-0.2, 0) is 9.84 Å². The van der Waals surface area contributed by atoms with E-state index >= 15 is 0 Å². The first-order valence-corrected chi connectivity index (χ1v) is 11.1. The van der Waals surface area contributed by atoms with Crippen molar-refractivity contribution in [1.29, 1.82) is 0 Å². The summed E-state index contributed by atoms with van der Waals surface area (Å²) in [6.45, 7) is 9.84. The number of para-hydroxylation sites is 1. The summed E-state index contributed by atoms with van der Waals surface area (Å²) < 4.78 is 35.3. The Bertz CT molecular complexity index is 933. The maximum Gasteiger partial charge on any atom is 0.191 e. The van der Waals surface area contributed by atoms with Crippen LogP contribution >= 0.6 is 24.0 Å². The number of guanidine groups is 1. The molecule has 0 fully saturated rings. The highest BCUT2D eigenvalue weighted by Crippen LogP contribution is 2.31. The van der Waals surface area contributed by atoms with Gasteiger partial charge >= 0.3 is 0 Å². The van der Waals surface area contributed by atoms with Gasteiger partial charge in [0.05, 0.1) is 23.1 Å². The van der Waals surface area contributed by atoms with Crippen molar-refractivity contribution in [3.63, 3.8) is 0 Å². The summed E-state index contributed by atoms with van der Waals surface area (Å²) >= 11 is 0. The van der Waals surface area contributed by atoms with Crippen molar-refractivity contribution in [3.05, 3.63) is 30.0 Å². The van der Waals surface area contributed by atoms with Gasteiger partial charge in [0, 0.05) is 19.0 Å². The third-order valence-electron chi connectivity index (χ3n) is 4.43. The molecule has 1 heterocycles. The smallest absolute Gasteiger partial charge is 0.191 e. The zero-order valence-electron chi connectivity index (χ0n) is 17.9. The van der Waals surface area contributed by atoms with Crippen molar-refractivity contribution in [2.24, 2.45) is 4.99 Å². The third-order valence-corrected chi connectivity index (χ3v) is 7.03. The molecule has 0 aliphatic rings. The molecule has 2 N–H and O–H groups in total. The van der Waals surface area contributed by atoms with E-state index in [1.807, 2.05) is 38.1 Å². The molecule has 0 saturated carbocycles. The van der Waals surface area contributed by atoms with Gasteiger partial charge in [-0.05, 0) is 46.8 Å². The first kappa shape index (κ1) is 25.5. The molecule has 0 aliphatic carbocycles. The van der Waals surface area contributed by atoms with E-state index in [1.54, 1.807) is 27.8 Å². The molecule has 7 nitrogen and oxygen atoms in total. The molecule has 0 radical (unpaired) electrons. The Kier molecular flexibility index (Phi) is 9.26. The Morgan fingerprint density at radius 1 is 1.31 bits per heavy atom. The summed E-state index contributed by atoms with van der Waals surface area (Å²) in [7, 11) is -1.54. The Balaban J connectivity index is 0.00000420. The van der Waals surface area contributed by atoms with E-state index in [9.17, 15) is 8.42 Å². The molecule has 29 heavy (non-hydrogen) atoms. The molecule has 1 aromatic heterocycles. The molecule has 2 rings (SSSR count). The maximum atomic E-state index is 12.2. The summed E-state index contributed by atoms with van der Waals surface area (Å²) in [4.78, 5) is 4.17. The first-order chi connectivity index (χ1) is 13.1. The number of hydrogen-bond acceptors (Lipinski definition) is 5. The van der Waals surface area contributed by atoms with Gasteiger partial charge in [-0.3, -0.25) is 4.99 Å². The zero-order chi connectivity index (χ0) is 20.9. The minimum atomic E-state index is -3.19. The second-order valence-corrected chi connectivity index (χ2v) is 10.4. The lowest BCUT2D eigenvalue weighted by Crippen LogP contribution is -2.42. The highest BCUT2D eigenvalue weighted by atomic mass is 127. The summed E-state index contributed by atoms with van der Waals surface area (Å²) in [5, 5.41) is 7.25. The van der Waals surface area contributed by atoms with Gasteiger partial charge in [0.15, 0.2) is 27.1 Å². The second kappa shape index (κ2) is 10.5. The number of benzene rings is 1. The molecule has 2 aromatic rings. The van der Waals surface area contributed by atoms with Gasteiger partial charge in [-0.25, -0.2) is 8.42 Å². The van der Waals surface area contributed by atoms with Gasteiger partial charge in [0.1, 0.15) is 5.76 Å². The summed E-state index contributed by atoms with van der Waals surface area (Å²) in [5.74, 6) is 2.01. The second-order valence-electron chi connectivity index (χ2n) is 7.55. The van der Waals surface area contributed by atoms with Crippen molar-refractivity contribution < 1.29 is 17.6 Å². The monoisotopic (exact) mass is 537 g/mol. The van der Waals surface area contributed by atoms with Crippen molar-refractivity contribution >= 4 is 50.7 Å².